The summed E-state index contributed by atoms with van der Waals surface area (Å²) in [5.41, 5.74) is 0.738. The maximum atomic E-state index is 11.9. The zero-order chi connectivity index (χ0) is 14.6. The molecular formula is C16H21ClN2O. The van der Waals surface area contributed by atoms with E-state index in [2.05, 4.69) is 34.3 Å². The molecule has 1 aromatic heterocycles. The molecule has 1 heterocycles. The molecule has 1 amide bonds. The van der Waals surface area contributed by atoms with E-state index in [4.69, 9.17) is 11.6 Å². The third-order valence-electron chi connectivity index (χ3n) is 3.49. The highest BCUT2D eigenvalue weighted by Crippen LogP contribution is 2.17. The van der Waals surface area contributed by atoms with E-state index in [1.165, 1.54) is 10.9 Å². The summed E-state index contributed by atoms with van der Waals surface area (Å²) in [5, 5.41) is 4.20. The van der Waals surface area contributed by atoms with Crippen molar-refractivity contribution in [1.29, 1.82) is 0 Å². The highest BCUT2D eigenvalue weighted by Gasteiger charge is 2.25. The molecule has 3 nitrogen and oxygen atoms in total. The normalized spacial score (nSPS) is 11.8. The fourth-order valence-electron chi connectivity index (χ4n) is 2.09. The number of hydrogen-bond donors (Lipinski definition) is 1. The van der Waals surface area contributed by atoms with E-state index in [0.717, 1.165) is 13.0 Å². The maximum absolute atomic E-state index is 11.9. The molecule has 0 aliphatic carbocycles. The Morgan fingerprint density at radius 2 is 2.05 bits per heavy atom. The first kappa shape index (κ1) is 14.9. The molecule has 1 aromatic carbocycles. The van der Waals surface area contributed by atoms with Gasteiger partial charge in [0, 0.05) is 30.7 Å². The summed E-state index contributed by atoms with van der Waals surface area (Å²) in [6, 6.07) is 10.4. The number of carbonyl (C=O) groups is 1. The van der Waals surface area contributed by atoms with Gasteiger partial charge >= 0.3 is 0 Å². The minimum absolute atomic E-state index is 0.0184. The largest absolute Gasteiger partial charge is 0.356 e. The molecule has 0 saturated heterocycles. The van der Waals surface area contributed by atoms with E-state index in [1.807, 2.05) is 26.0 Å². The molecule has 2 aromatic rings. The van der Waals surface area contributed by atoms with E-state index < -0.39 is 5.41 Å². The van der Waals surface area contributed by atoms with Crippen LogP contribution in [0.4, 0.5) is 0 Å². The van der Waals surface area contributed by atoms with Crippen LogP contribution in [0, 0.1) is 5.41 Å². The number of nitrogens with one attached hydrogen (secondary N) is 1. The van der Waals surface area contributed by atoms with Crippen molar-refractivity contribution in [2.75, 3.05) is 12.4 Å². The van der Waals surface area contributed by atoms with Crippen LogP contribution < -0.4 is 5.32 Å². The summed E-state index contributed by atoms with van der Waals surface area (Å²) < 4.78 is 2.22. The number of nitrogens with zero attached hydrogens (tertiary/aromatic N) is 1. The zero-order valence-electron chi connectivity index (χ0n) is 12.0. The Labute approximate surface area is 124 Å². The molecule has 0 atom stereocenters. The minimum Gasteiger partial charge on any atom is -0.356 e. The average Bonchev–Trinajstić information content (AvgIpc) is 2.86. The van der Waals surface area contributed by atoms with Crippen molar-refractivity contribution in [2.24, 2.45) is 5.41 Å². The summed E-state index contributed by atoms with van der Waals surface area (Å²) in [5.74, 6) is 0.353. The number of halogens is 1. The fourth-order valence-corrected chi connectivity index (χ4v) is 2.21. The molecule has 0 fully saturated rings. The molecule has 20 heavy (non-hydrogen) atoms. The third-order valence-corrected chi connectivity index (χ3v) is 4.16. The molecule has 1 N–H and O–H groups in total. The molecule has 0 saturated carbocycles. The van der Waals surface area contributed by atoms with Crippen LogP contribution in [0.25, 0.3) is 10.9 Å². The predicted octanol–water partition coefficient (Wildman–Crippen LogP) is 3.41. The highest BCUT2D eigenvalue weighted by molar-refractivity contribution is 6.19. The summed E-state index contributed by atoms with van der Waals surface area (Å²) in [6.45, 7) is 5.28. The second-order valence-electron chi connectivity index (χ2n) is 5.69. The van der Waals surface area contributed by atoms with Crippen LogP contribution >= 0.6 is 11.6 Å². The lowest BCUT2D eigenvalue weighted by atomic mass is 9.95. The van der Waals surface area contributed by atoms with Gasteiger partial charge in [-0.25, -0.2) is 0 Å². The van der Waals surface area contributed by atoms with Crippen molar-refractivity contribution in [3.63, 3.8) is 0 Å². The van der Waals surface area contributed by atoms with Gasteiger partial charge in [-0.05, 0) is 37.8 Å². The first-order valence-electron chi connectivity index (χ1n) is 6.93. The lowest BCUT2D eigenvalue weighted by Crippen LogP contribution is -2.38. The van der Waals surface area contributed by atoms with E-state index in [-0.39, 0.29) is 5.91 Å². The van der Waals surface area contributed by atoms with Gasteiger partial charge in [0.05, 0.1) is 5.41 Å². The quantitative estimate of drug-likeness (QED) is 0.642. The topological polar surface area (TPSA) is 34.0 Å². The summed E-state index contributed by atoms with van der Waals surface area (Å²) in [6.07, 6.45) is 3.00. The van der Waals surface area contributed by atoms with E-state index >= 15 is 0 Å². The van der Waals surface area contributed by atoms with Crippen molar-refractivity contribution >= 4 is 28.4 Å². The zero-order valence-corrected chi connectivity index (χ0v) is 12.8. The van der Waals surface area contributed by atoms with Gasteiger partial charge in [0.2, 0.25) is 5.91 Å². The van der Waals surface area contributed by atoms with Crippen molar-refractivity contribution < 1.29 is 4.79 Å². The SMILES string of the molecule is CC(C)(CCl)C(=O)NCCCn1ccc2ccccc21. The third kappa shape index (κ3) is 3.34. The Bertz CT molecular complexity index is 589. The van der Waals surface area contributed by atoms with Crippen molar-refractivity contribution in [3.8, 4) is 0 Å². The summed E-state index contributed by atoms with van der Waals surface area (Å²) in [7, 11) is 0. The first-order chi connectivity index (χ1) is 9.54. The van der Waals surface area contributed by atoms with Gasteiger partial charge in [-0.1, -0.05) is 18.2 Å². The van der Waals surface area contributed by atoms with Crippen LogP contribution in [0.3, 0.4) is 0 Å². The molecule has 0 bridgehead atoms. The number of hydrogen-bond acceptors (Lipinski definition) is 1. The molecule has 0 aliphatic heterocycles. The molecule has 0 unspecified atom stereocenters. The number of aryl methyl sites for hydroxylation is 1. The molecular weight excluding hydrogens is 272 g/mol. The molecule has 108 valence electrons. The maximum Gasteiger partial charge on any atom is 0.226 e. The summed E-state index contributed by atoms with van der Waals surface area (Å²) in [4.78, 5) is 11.9. The Hall–Kier alpha value is -1.48. The van der Waals surface area contributed by atoms with Crippen molar-refractivity contribution in [1.82, 2.24) is 9.88 Å². The Kier molecular flexibility index (Phi) is 4.71. The Morgan fingerprint density at radius 1 is 1.30 bits per heavy atom. The van der Waals surface area contributed by atoms with Crippen LogP contribution in [0.1, 0.15) is 20.3 Å². The van der Waals surface area contributed by atoms with Crippen LogP contribution in [-0.2, 0) is 11.3 Å². The smallest absolute Gasteiger partial charge is 0.226 e. The second kappa shape index (κ2) is 6.31. The lowest BCUT2D eigenvalue weighted by molar-refractivity contribution is -0.128. The van der Waals surface area contributed by atoms with Gasteiger partial charge in [-0.15, -0.1) is 11.6 Å². The number of fused-ring (bicyclic) bond motifs is 1. The van der Waals surface area contributed by atoms with E-state index in [0.29, 0.717) is 12.4 Å². The van der Waals surface area contributed by atoms with Gasteiger partial charge in [-0.2, -0.15) is 0 Å². The number of para-hydroxylation sites is 1. The monoisotopic (exact) mass is 292 g/mol. The van der Waals surface area contributed by atoms with Crippen molar-refractivity contribution in [2.45, 2.75) is 26.8 Å². The van der Waals surface area contributed by atoms with Gasteiger partial charge in [0.25, 0.3) is 0 Å². The van der Waals surface area contributed by atoms with E-state index in [9.17, 15) is 4.79 Å². The van der Waals surface area contributed by atoms with Gasteiger partial charge in [-0.3, -0.25) is 4.79 Å². The standard InChI is InChI=1S/C16H21ClN2O/c1-16(2,12-17)15(20)18-9-5-10-19-11-8-13-6-3-4-7-14(13)19/h3-4,6-8,11H,5,9-10,12H2,1-2H3,(H,18,20). The number of aromatic nitrogens is 1. The number of amides is 1. The number of benzene rings is 1. The van der Waals surface area contributed by atoms with Gasteiger partial charge in [0.15, 0.2) is 0 Å². The number of rotatable bonds is 6. The number of carbonyl (C=O) groups excluding carboxylic acids is 1. The minimum atomic E-state index is -0.498. The van der Waals surface area contributed by atoms with Gasteiger partial charge in [0.1, 0.15) is 0 Å². The summed E-state index contributed by atoms with van der Waals surface area (Å²) >= 11 is 5.78. The molecule has 4 heteroatoms. The van der Waals surface area contributed by atoms with Crippen molar-refractivity contribution in [3.05, 3.63) is 36.5 Å². The van der Waals surface area contributed by atoms with Crippen LogP contribution in [0.15, 0.2) is 36.5 Å². The predicted molar refractivity (Wildman–Crippen MR) is 84.1 cm³/mol. The highest BCUT2D eigenvalue weighted by atomic mass is 35.5. The van der Waals surface area contributed by atoms with Crippen LogP contribution in [-0.4, -0.2) is 22.9 Å². The molecule has 2 rings (SSSR count). The Morgan fingerprint density at radius 3 is 2.80 bits per heavy atom. The first-order valence-corrected chi connectivity index (χ1v) is 7.46. The van der Waals surface area contributed by atoms with Gasteiger partial charge < -0.3 is 9.88 Å². The van der Waals surface area contributed by atoms with E-state index in [1.54, 1.807) is 0 Å². The second-order valence-corrected chi connectivity index (χ2v) is 5.96. The Balaban J connectivity index is 1.83. The van der Waals surface area contributed by atoms with Crippen LogP contribution in [0.5, 0.6) is 0 Å². The van der Waals surface area contributed by atoms with Crippen LogP contribution in [0.2, 0.25) is 0 Å². The molecule has 0 spiro atoms. The molecule has 0 radical (unpaired) electrons. The molecule has 0 aliphatic rings. The average molecular weight is 293 g/mol. The number of alkyl halides is 1. The fraction of sp³-hybridized carbons (Fsp3) is 0.438. The lowest BCUT2D eigenvalue weighted by Gasteiger charge is -2.20.